The molecule has 2 heterocycles. The Hall–Kier alpha value is -2.43. The number of carbonyl (C=O) groups excluding carboxylic acids is 1. The van der Waals surface area contributed by atoms with Crippen LogP contribution in [0.5, 0.6) is 0 Å². The van der Waals surface area contributed by atoms with E-state index in [2.05, 4.69) is 15.3 Å². The van der Waals surface area contributed by atoms with Gasteiger partial charge in [-0.2, -0.15) is 0 Å². The lowest BCUT2D eigenvalue weighted by atomic mass is 10.2. The summed E-state index contributed by atoms with van der Waals surface area (Å²) in [5.41, 5.74) is 3.33. The highest BCUT2D eigenvalue weighted by Crippen LogP contribution is 2.19. The van der Waals surface area contributed by atoms with Gasteiger partial charge in [-0.25, -0.2) is 9.97 Å². The topological polar surface area (TPSA) is 58.1 Å². The monoisotopic (exact) mass is 324 g/mol. The van der Waals surface area contributed by atoms with E-state index in [1.807, 2.05) is 43.0 Å². The summed E-state index contributed by atoms with van der Waals surface area (Å²) < 4.78 is 0. The number of para-hydroxylation sites is 1. The molecule has 3 rings (SSSR count). The van der Waals surface area contributed by atoms with Gasteiger partial charge in [-0.1, -0.05) is 31.0 Å². The van der Waals surface area contributed by atoms with Gasteiger partial charge < -0.3 is 10.2 Å². The van der Waals surface area contributed by atoms with Crippen LogP contribution >= 0.6 is 0 Å². The minimum Gasteiger partial charge on any atom is -0.337 e. The molecule has 1 aliphatic heterocycles. The molecule has 1 amide bonds. The number of benzene rings is 1. The van der Waals surface area contributed by atoms with E-state index in [0.717, 1.165) is 42.9 Å². The van der Waals surface area contributed by atoms with Crippen LogP contribution in [0.1, 0.15) is 47.4 Å². The van der Waals surface area contributed by atoms with Gasteiger partial charge in [0.25, 0.3) is 5.91 Å². The molecule has 0 spiro atoms. The molecule has 5 nitrogen and oxygen atoms in total. The molecular weight excluding hydrogens is 300 g/mol. The van der Waals surface area contributed by atoms with Gasteiger partial charge in [-0.05, 0) is 44.4 Å². The van der Waals surface area contributed by atoms with E-state index < -0.39 is 0 Å². The fourth-order valence-electron chi connectivity index (χ4n) is 3.00. The highest BCUT2D eigenvalue weighted by Gasteiger charge is 2.19. The molecular formula is C19H24N4O. The van der Waals surface area contributed by atoms with E-state index in [1.54, 1.807) is 6.07 Å². The average Bonchev–Trinajstić information content (AvgIpc) is 2.85. The molecule has 0 atom stereocenters. The van der Waals surface area contributed by atoms with Crippen molar-refractivity contribution in [3.05, 3.63) is 47.3 Å². The number of amides is 1. The lowest BCUT2D eigenvalue weighted by Gasteiger charge is -2.20. The van der Waals surface area contributed by atoms with Crippen molar-refractivity contribution in [3.63, 3.8) is 0 Å². The maximum Gasteiger partial charge on any atom is 0.272 e. The number of aryl methyl sites for hydroxylation is 2. The smallest absolute Gasteiger partial charge is 0.272 e. The number of aromatic nitrogens is 2. The summed E-state index contributed by atoms with van der Waals surface area (Å²) in [7, 11) is 0. The minimum absolute atomic E-state index is 0.00948. The zero-order chi connectivity index (χ0) is 16.9. The normalized spacial score (nSPS) is 15.0. The predicted octanol–water partition coefficient (Wildman–Crippen LogP) is 3.85. The first-order valence-corrected chi connectivity index (χ1v) is 8.61. The largest absolute Gasteiger partial charge is 0.337 e. The van der Waals surface area contributed by atoms with E-state index in [-0.39, 0.29) is 5.91 Å². The minimum atomic E-state index is 0.00948. The van der Waals surface area contributed by atoms with Gasteiger partial charge >= 0.3 is 0 Å². The Labute approximate surface area is 143 Å². The van der Waals surface area contributed by atoms with Gasteiger partial charge in [-0.15, -0.1) is 0 Å². The number of nitrogens with zero attached hydrogens (tertiary/aromatic N) is 3. The number of carbonyl (C=O) groups is 1. The number of rotatable bonds is 3. The molecule has 1 saturated heterocycles. The summed E-state index contributed by atoms with van der Waals surface area (Å²) in [5, 5.41) is 3.23. The quantitative estimate of drug-likeness (QED) is 0.931. The molecule has 126 valence electrons. The molecule has 0 saturated carbocycles. The first-order valence-electron chi connectivity index (χ1n) is 8.61. The Morgan fingerprint density at radius 3 is 2.46 bits per heavy atom. The van der Waals surface area contributed by atoms with Crippen LogP contribution in [0.2, 0.25) is 0 Å². The van der Waals surface area contributed by atoms with Crippen molar-refractivity contribution in [2.45, 2.75) is 39.5 Å². The van der Waals surface area contributed by atoms with E-state index in [0.29, 0.717) is 11.6 Å². The van der Waals surface area contributed by atoms with Crippen LogP contribution in [0, 0.1) is 13.8 Å². The molecule has 0 unspecified atom stereocenters. The van der Waals surface area contributed by atoms with Crippen LogP contribution in [-0.4, -0.2) is 33.9 Å². The molecule has 1 aliphatic rings. The van der Waals surface area contributed by atoms with Crippen LogP contribution in [0.15, 0.2) is 30.3 Å². The second kappa shape index (κ2) is 7.43. The number of nitrogens with one attached hydrogen (secondary N) is 1. The molecule has 24 heavy (non-hydrogen) atoms. The van der Waals surface area contributed by atoms with Crippen molar-refractivity contribution in [1.82, 2.24) is 14.9 Å². The third kappa shape index (κ3) is 3.91. The summed E-state index contributed by atoms with van der Waals surface area (Å²) in [6.07, 6.45) is 4.55. The molecule has 1 N–H and O–H groups in total. The number of anilines is 2. The molecule has 2 aromatic rings. The zero-order valence-electron chi connectivity index (χ0n) is 14.4. The van der Waals surface area contributed by atoms with Crippen molar-refractivity contribution in [2.75, 3.05) is 18.4 Å². The first-order chi connectivity index (χ1) is 11.6. The third-order valence-electron chi connectivity index (χ3n) is 4.36. The predicted molar refractivity (Wildman–Crippen MR) is 95.6 cm³/mol. The number of hydrogen-bond acceptors (Lipinski definition) is 4. The van der Waals surface area contributed by atoms with E-state index in [9.17, 15) is 4.79 Å². The van der Waals surface area contributed by atoms with Crippen molar-refractivity contribution < 1.29 is 4.79 Å². The third-order valence-corrected chi connectivity index (χ3v) is 4.36. The van der Waals surface area contributed by atoms with Crippen LogP contribution < -0.4 is 5.32 Å². The Bertz CT molecular complexity index is 721. The Balaban J connectivity index is 1.83. The fourth-order valence-corrected chi connectivity index (χ4v) is 3.00. The van der Waals surface area contributed by atoms with Crippen LogP contribution in [0.3, 0.4) is 0 Å². The van der Waals surface area contributed by atoms with Crippen LogP contribution in [-0.2, 0) is 0 Å². The maximum atomic E-state index is 12.8. The molecule has 0 aliphatic carbocycles. The highest BCUT2D eigenvalue weighted by atomic mass is 16.2. The van der Waals surface area contributed by atoms with Gasteiger partial charge in [0.05, 0.1) is 0 Å². The molecule has 1 aromatic heterocycles. The standard InChI is InChI=1S/C19H24N4O/c1-14-9-5-6-10-16(14)21-19-20-15(2)13-17(22-19)18(24)23-11-7-3-4-8-12-23/h5-6,9-10,13H,3-4,7-8,11-12H2,1-2H3,(H,20,21,22). The number of likely N-dealkylation sites (tertiary alicyclic amines) is 1. The van der Waals surface area contributed by atoms with E-state index >= 15 is 0 Å². The molecule has 1 aromatic carbocycles. The summed E-state index contributed by atoms with van der Waals surface area (Å²) in [6.45, 7) is 5.57. The maximum absolute atomic E-state index is 12.8. The van der Waals surface area contributed by atoms with Crippen molar-refractivity contribution >= 4 is 17.5 Å². The molecule has 0 bridgehead atoms. The van der Waals surface area contributed by atoms with Gasteiger partial charge in [0, 0.05) is 24.5 Å². The van der Waals surface area contributed by atoms with Crippen LogP contribution in [0.25, 0.3) is 0 Å². The fraction of sp³-hybridized carbons (Fsp3) is 0.421. The Kier molecular flexibility index (Phi) is 5.08. The van der Waals surface area contributed by atoms with Crippen LogP contribution in [0.4, 0.5) is 11.6 Å². The lowest BCUT2D eigenvalue weighted by Crippen LogP contribution is -2.32. The second-order valence-corrected chi connectivity index (χ2v) is 6.36. The molecule has 1 fully saturated rings. The lowest BCUT2D eigenvalue weighted by molar-refractivity contribution is 0.0755. The summed E-state index contributed by atoms with van der Waals surface area (Å²) in [6, 6.07) is 9.75. The summed E-state index contributed by atoms with van der Waals surface area (Å²) >= 11 is 0. The van der Waals surface area contributed by atoms with Gasteiger partial charge in [-0.3, -0.25) is 4.79 Å². The number of hydrogen-bond donors (Lipinski definition) is 1. The summed E-state index contributed by atoms with van der Waals surface area (Å²) in [4.78, 5) is 23.6. The SMILES string of the molecule is Cc1cc(C(=O)N2CCCCCC2)nc(Nc2ccccc2C)n1. The summed E-state index contributed by atoms with van der Waals surface area (Å²) in [5.74, 6) is 0.484. The van der Waals surface area contributed by atoms with Crippen molar-refractivity contribution in [1.29, 1.82) is 0 Å². The van der Waals surface area contributed by atoms with Gasteiger partial charge in [0.2, 0.25) is 5.95 Å². The first kappa shape index (κ1) is 16.4. The van der Waals surface area contributed by atoms with Crippen molar-refractivity contribution in [2.24, 2.45) is 0 Å². The Morgan fingerprint density at radius 1 is 1.04 bits per heavy atom. The second-order valence-electron chi connectivity index (χ2n) is 6.36. The molecule has 5 heteroatoms. The Morgan fingerprint density at radius 2 is 1.75 bits per heavy atom. The van der Waals surface area contributed by atoms with E-state index in [1.165, 1.54) is 12.8 Å². The highest BCUT2D eigenvalue weighted by molar-refractivity contribution is 5.92. The van der Waals surface area contributed by atoms with Gasteiger partial charge in [0.1, 0.15) is 5.69 Å². The van der Waals surface area contributed by atoms with Gasteiger partial charge in [0.15, 0.2) is 0 Å². The molecule has 0 radical (unpaired) electrons. The van der Waals surface area contributed by atoms with Crippen molar-refractivity contribution in [3.8, 4) is 0 Å². The van der Waals surface area contributed by atoms with E-state index in [4.69, 9.17) is 0 Å². The average molecular weight is 324 g/mol. The zero-order valence-corrected chi connectivity index (χ0v) is 14.4.